The van der Waals surface area contributed by atoms with Gasteiger partial charge in [0.05, 0.1) is 39.9 Å². The van der Waals surface area contributed by atoms with Crippen LogP contribution in [0.3, 0.4) is 0 Å². The number of aromatic nitrogens is 9. The third-order valence-electron chi connectivity index (χ3n) is 7.42. The van der Waals surface area contributed by atoms with E-state index in [0.29, 0.717) is 29.6 Å². The van der Waals surface area contributed by atoms with E-state index in [9.17, 15) is 9.59 Å². The first-order valence-electron chi connectivity index (χ1n) is 13.0. The summed E-state index contributed by atoms with van der Waals surface area (Å²) in [6.07, 6.45) is 7.08. The van der Waals surface area contributed by atoms with E-state index in [1.807, 2.05) is 13.0 Å². The molecule has 1 aromatic carbocycles. The van der Waals surface area contributed by atoms with E-state index in [4.69, 9.17) is 16.6 Å². The number of pyridine rings is 1. The number of H-pyrrole nitrogens is 1. The van der Waals surface area contributed by atoms with Crippen LogP contribution in [-0.4, -0.2) is 50.6 Å². The highest BCUT2D eigenvalue weighted by molar-refractivity contribution is 6.31. The van der Waals surface area contributed by atoms with Crippen molar-refractivity contribution < 1.29 is 9.18 Å². The number of amides is 1. The smallest absolute Gasteiger partial charge is 0.254 e. The molecule has 14 heteroatoms. The molecule has 0 spiro atoms. The topological polar surface area (TPSA) is 149 Å². The number of anilines is 1. The third-order valence-corrected chi connectivity index (χ3v) is 7.71. The highest BCUT2D eigenvalue weighted by Gasteiger charge is 2.34. The summed E-state index contributed by atoms with van der Waals surface area (Å²) in [5.74, 6) is 0.852. The average Bonchev–Trinajstić information content (AvgIpc) is 3.31. The summed E-state index contributed by atoms with van der Waals surface area (Å²) in [7, 11) is 0. The molecule has 206 valence electrons. The van der Waals surface area contributed by atoms with Gasteiger partial charge >= 0.3 is 0 Å². The quantitative estimate of drug-likeness (QED) is 0.311. The predicted octanol–water partition coefficient (Wildman–Crippen LogP) is 3.91. The van der Waals surface area contributed by atoms with Gasteiger partial charge in [-0.1, -0.05) is 18.5 Å². The fraction of sp³-hybridized carbons (Fsp3) is 0.259. The fourth-order valence-corrected chi connectivity index (χ4v) is 5.34. The van der Waals surface area contributed by atoms with Gasteiger partial charge in [-0.2, -0.15) is 4.68 Å². The molecule has 5 heterocycles. The van der Waals surface area contributed by atoms with Crippen molar-refractivity contribution in [1.82, 2.24) is 44.7 Å². The maximum absolute atomic E-state index is 15.3. The first-order chi connectivity index (χ1) is 19.9. The average molecular weight is 573 g/mol. The minimum absolute atomic E-state index is 0.00460. The minimum Gasteiger partial charge on any atom is -0.340 e. The number of aromatic amines is 1. The van der Waals surface area contributed by atoms with Crippen LogP contribution in [0.15, 0.2) is 53.8 Å². The normalized spacial score (nSPS) is 17.9. The Hall–Kier alpha value is -4.78. The molecule has 2 N–H and O–H groups in total. The van der Waals surface area contributed by atoms with Crippen LogP contribution in [0.25, 0.3) is 28.2 Å². The van der Waals surface area contributed by atoms with E-state index >= 15 is 4.39 Å². The van der Waals surface area contributed by atoms with E-state index in [-0.39, 0.29) is 39.6 Å². The number of nitrogens with zero attached hydrogens (tertiary/aromatic N) is 8. The predicted molar refractivity (Wildman–Crippen MR) is 146 cm³/mol. The molecule has 2 aliphatic rings. The molecule has 4 aromatic heterocycles. The molecule has 12 nitrogen and oxygen atoms in total. The van der Waals surface area contributed by atoms with Crippen LogP contribution in [0.5, 0.6) is 0 Å². The first-order valence-corrected chi connectivity index (χ1v) is 13.4. The van der Waals surface area contributed by atoms with Crippen LogP contribution in [0.1, 0.15) is 49.8 Å². The summed E-state index contributed by atoms with van der Waals surface area (Å²) in [4.78, 5) is 42.5. The summed E-state index contributed by atoms with van der Waals surface area (Å²) in [6.45, 7) is 1.96. The van der Waals surface area contributed by atoms with Gasteiger partial charge in [-0.15, -0.1) is 5.10 Å². The largest absolute Gasteiger partial charge is 0.340 e. The van der Waals surface area contributed by atoms with Gasteiger partial charge in [0.25, 0.3) is 5.56 Å². The number of hydrogen-bond acceptors (Lipinski definition) is 8. The van der Waals surface area contributed by atoms with Crippen molar-refractivity contribution in [2.75, 3.05) is 5.32 Å². The minimum atomic E-state index is -0.721. The monoisotopic (exact) mass is 572 g/mol. The SMILES string of the molecule is C[C@H]1C[C@@H](c2ncc(-c3ccc(NC(=O)C4CC4)nc3)[nH]2)n2c1nc(-c1c(-n3cnnn3)ccc(Cl)c1F)cc2=O. The molecule has 2 atom stereocenters. The van der Waals surface area contributed by atoms with Crippen molar-refractivity contribution in [3.05, 3.63) is 81.9 Å². The fourth-order valence-electron chi connectivity index (χ4n) is 5.18. The summed E-state index contributed by atoms with van der Waals surface area (Å²) in [5.41, 5.74) is 1.63. The Morgan fingerprint density at radius 1 is 1.17 bits per heavy atom. The van der Waals surface area contributed by atoms with Crippen LogP contribution in [0.4, 0.5) is 10.2 Å². The zero-order valence-electron chi connectivity index (χ0n) is 21.6. The number of carbonyl (C=O) groups is 1. The summed E-state index contributed by atoms with van der Waals surface area (Å²) in [5, 5.41) is 13.8. The second kappa shape index (κ2) is 9.70. The highest BCUT2D eigenvalue weighted by Crippen LogP contribution is 2.39. The van der Waals surface area contributed by atoms with Gasteiger partial charge in [-0.3, -0.25) is 14.2 Å². The van der Waals surface area contributed by atoms with E-state index in [1.165, 1.54) is 23.1 Å². The lowest BCUT2D eigenvalue weighted by atomic mass is 10.1. The van der Waals surface area contributed by atoms with Crippen LogP contribution >= 0.6 is 11.6 Å². The maximum atomic E-state index is 15.3. The Bertz CT molecular complexity index is 1850. The molecule has 7 rings (SSSR count). The molecular formula is C27H22ClFN10O2. The molecular weight excluding hydrogens is 551 g/mol. The Kier molecular flexibility index (Phi) is 5.96. The Balaban J connectivity index is 1.21. The summed E-state index contributed by atoms with van der Waals surface area (Å²) >= 11 is 6.10. The van der Waals surface area contributed by atoms with Crippen molar-refractivity contribution in [2.45, 2.75) is 38.1 Å². The molecule has 0 bridgehead atoms. The number of rotatable bonds is 6. The van der Waals surface area contributed by atoms with Crippen molar-refractivity contribution in [3.8, 4) is 28.2 Å². The summed E-state index contributed by atoms with van der Waals surface area (Å²) < 4.78 is 18.2. The molecule has 0 saturated heterocycles. The molecule has 1 saturated carbocycles. The summed E-state index contributed by atoms with van der Waals surface area (Å²) in [6, 6.07) is 7.47. The van der Waals surface area contributed by atoms with Gasteiger partial charge in [0, 0.05) is 29.7 Å². The van der Waals surface area contributed by atoms with Gasteiger partial charge < -0.3 is 10.3 Å². The van der Waals surface area contributed by atoms with E-state index in [2.05, 4.69) is 35.8 Å². The third kappa shape index (κ3) is 4.47. The molecule has 41 heavy (non-hydrogen) atoms. The second-order valence-corrected chi connectivity index (χ2v) is 10.7. The number of carbonyl (C=O) groups excluding carboxylic acids is 1. The zero-order chi connectivity index (χ0) is 28.2. The Labute approximate surface area is 236 Å². The standard InChI is InChI=1S/C27H22ClFN10O2/c1-13-8-20(25-31-11-18(33-25)15-4-7-21(30-10-15)35-27(41)14-2-3-14)39-22(40)9-17(34-26(13)39)23-19(38-12-32-36-37-38)6-5-16(28)24(23)29/h4-7,9-14,20H,2-3,8H2,1H3,(H,31,33)(H,30,35,41)/t13-,20-/m0/s1. The van der Waals surface area contributed by atoms with E-state index in [1.54, 1.807) is 29.1 Å². The first kappa shape index (κ1) is 25.2. The van der Waals surface area contributed by atoms with Crippen molar-refractivity contribution >= 4 is 23.3 Å². The molecule has 1 aliphatic heterocycles. The second-order valence-electron chi connectivity index (χ2n) is 10.2. The molecule has 1 aliphatic carbocycles. The lowest BCUT2D eigenvalue weighted by molar-refractivity contribution is -0.117. The van der Waals surface area contributed by atoms with Crippen LogP contribution in [0, 0.1) is 11.7 Å². The number of imidazole rings is 1. The number of hydrogen-bond donors (Lipinski definition) is 2. The van der Waals surface area contributed by atoms with E-state index in [0.717, 1.165) is 24.1 Å². The molecule has 0 radical (unpaired) electrons. The van der Waals surface area contributed by atoms with Crippen molar-refractivity contribution in [2.24, 2.45) is 5.92 Å². The maximum Gasteiger partial charge on any atom is 0.254 e. The van der Waals surface area contributed by atoms with Crippen LogP contribution in [-0.2, 0) is 4.79 Å². The number of nitrogens with one attached hydrogen (secondary N) is 2. The number of fused-ring (bicyclic) bond motifs is 1. The lowest BCUT2D eigenvalue weighted by Crippen LogP contribution is -2.25. The van der Waals surface area contributed by atoms with Gasteiger partial charge in [0.2, 0.25) is 5.91 Å². The molecule has 1 amide bonds. The van der Waals surface area contributed by atoms with Crippen molar-refractivity contribution in [1.29, 1.82) is 0 Å². The number of halogens is 2. The lowest BCUT2D eigenvalue weighted by Gasteiger charge is -2.15. The van der Waals surface area contributed by atoms with E-state index < -0.39 is 11.9 Å². The van der Waals surface area contributed by atoms with Gasteiger partial charge in [-0.25, -0.2) is 19.3 Å². The van der Waals surface area contributed by atoms with Crippen LogP contribution < -0.4 is 10.9 Å². The van der Waals surface area contributed by atoms with Crippen molar-refractivity contribution in [3.63, 3.8) is 0 Å². The Morgan fingerprint density at radius 3 is 2.76 bits per heavy atom. The van der Waals surface area contributed by atoms with Gasteiger partial charge in [0.15, 0.2) is 5.82 Å². The Morgan fingerprint density at radius 2 is 2.02 bits per heavy atom. The number of benzene rings is 1. The van der Waals surface area contributed by atoms with Gasteiger partial charge in [-0.05, 0) is 54.0 Å². The molecule has 0 unspecified atom stereocenters. The van der Waals surface area contributed by atoms with Gasteiger partial charge in [0.1, 0.15) is 23.8 Å². The van der Waals surface area contributed by atoms with Crippen LogP contribution in [0.2, 0.25) is 5.02 Å². The number of tetrazole rings is 1. The highest BCUT2D eigenvalue weighted by atomic mass is 35.5. The molecule has 1 fully saturated rings. The molecule has 5 aromatic rings. The zero-order valence-corrected chi connectivity index (χ0v) is 22.4.